The summed E-state index contributed by atoms with van der Waals surface area (Å²) in [7, 11) is -0.932. The van der Waals surface area contributed by atoms with Gasteiger partial charge in [0, 0.05) is 29.4 Å². The van der Waals surface area contributed by atoms with E-state index in [1.54, 1.807) is 16.9 Å². The van der Waals surface area contributed by atoms with E-state index in [4.69, 9.17) is 9.47 Å². The molecule has 5 atom stereocenters. The molecule has 5 aromatic rings. The van der Waals surface area contributed by atoms with Crippen molar-refractivity contribution in [2.75, 3.05) is 23.5 Å². The van der Waals surface area contributed by atoms with Crippen LogP contribution in [0.15, 0.2) is 127 Å². The van der Waals surface area contributed by atoms with Crippen molar-refractivity contribution in [1.82, 2.24) is 4.90 Å². The van der Waals surface area contributed by atoms with E-state index in [1.807, 2.05) is 114 Å². The number of ether oxygens (including phenoxy) is 2. The minimum Gasteiger partial charge on any atom is -0.497 e. The number of rotatable bonds is 11. The molecule has 0 radical (unpaired) electrons. The zero-order valence-electron chi connectivity index (χ0n) is 32.9. The van der Waals surface area contributed by atoms with Gasteiger partial charge in [-0.05, 0) is 71.1 Å². The average Bonchev–Trinajstić information content (AvgIpc) is 3.66. The number of benzene rings is 5. The molecule has 8 rings (SSSR count). The predicted octanol–water partition coefficient (Wildman–Crippen LogP) is 7.09. The van der Waals surface area contributed by atoms with Crippen molar-refractivity contribution in [3.8, 4) is 5.75 Å². The summed E-state index contributed by atoms with van der Waals surface area (Å²) in [5.41, 5.74) is 4.27. The number of carbonyl (C=O) groups excluding carboxylic acids is 3. The van der Waals surface area contributed by atoms with Crippen LogP contribution in [0.5, 0.6) is 5.75 Å². The molecule has 10 heteroatoms. The number of para-hydroxylation sites is 1. The van der Waals surface area contributed by atoms with Crippen molar-refractivity contribution >= 4 is 48.5 Å². The molecule has 3 aliphatic rings. The summed E-state index contributed by atoms with van der Waals surface area (Å²) in [5, 5.41) is 11.7. The number of amides is 3. The van der Waals surface area contributed by atoms with Crippen molar-refractivity contribution in [3.63, 3.8) is 0 Å². The van der Waals surface area contributed by atoms with Crippen molar-refractivity contribution in [1.29, 1.82) is 0 Å². The zero-order chi connectivity index (χ0) is 39.9. The molecule has 3 aliphatic heterocycles. The molecule has 292 valence electrons. The van der Waals surface area contributed by atoms with Crippen molar-refractivity contribution in [2.24, 2.45) is 5.92 Å². The SMILES string of the molecule is COc1ccc([Si](C)(C)[C@H]2[C@H](CC(=O)N3Cc4ccccc4C[C@H]3CO)O[C@@]3(C(=O)N(Cc4ccccc4)c4ccc(N(C=O)c5ccccc5)cc43)[C@@H]2C)cc1. The van der Waals surface area contributed by atoms with Gasteiger partial charge in [0.1, 0.15) is 5.75 Å². The fraction of sp³-hybridized carbons (Fsp3) is 0.298. The molecule has 57 heavy (non-hydrogen) atoms. The number of aliphatic hydroxyl groups excluding tert-OH is 1. The van der Waals surface area contributed by atoms with E-state index in [9.17, 15) is 14.7 Å². The van der Waals surface area contributed by atoms with Gasteiger partial charge in [-0.25, -0.2) is 0 Å². The van der Waals surface area contributed by atoms with E-state index in [0.29, 0.717) is 36.4 Å². The second kappa shape index (κ2) is 15.4. The number of anilines is 3. The van der Waals surface area contributed by atoms with Crippen LogP contribution in [-0.4, -0.2) is 62.2 Å². The van der Waals surface area contributed by atoms with Gasteiger partial charge in [-0.15, -0.1) is 0 Å². The third-order valence-electron chi connectivity index (χ3n) is 12.7. The minimum atomic E-state index is -2.58. The average molecular weight is 780 g/mol. The van der Waals surface area contributed by atoms with Crippen molar-refractivity contribution in [2.45, 2.75) is 69.2 Å². The van der Waals surface area contributed by atoms with Crippen LogP contribution in [0.4, 0.5) is 17.1 Å². The molecule has 5 aromatic carbocycles. The highest BCUT2D eigenvalue weighted by molar-refractivity contribution is 6.91. The van der Waals surface area contributed by atoms with E-state index in [1.165, 1.54) is 0 Å². The third kappa shape index (κ3) is 6.65. The van der Waals surface area contributed by atoms with Gasteiger partial charge < -0.3 is 24.4 Å². The van der Waals surface area contributed by atoms with Crippen LogP contribution >= 0.6 is 0 Å². The summed E-state index contributed by atoms with van der Waals surface area (Å²) in [4.78, 5) is 48.1. The number of hydrogen-bond donors (Lipinski definition) is 1. The van der Waals surface area contributed by atoms with Crippen molar-refractivity contribution in [3.05, 3.63) is 150 Å². The molecule has 0 unspecified atom stereocenters. The molecule has 0 aliphatic carbocycles. The number of methoxy groups -OCH3 is 1. The Morgan fingerprint density at radius 1 is 0.912 bits per heavy atom. The number of carbonyl (C=O) groups is 3. The summed E-state index contributed by atoms with van der Waals surface area (Å²) < 4.78 is 12.9. The molecule has 3 amide bonds. The lowest BCUT2D eigenvalue weighted by Gasteiger charge is -2.39. The van der Waals surface area contributed by atoms with Crippen LogP contribution in [0.1, 0.15) is 35.6 Å². The number of hydrogen-bond acceptors (Lipinski definition) is 6. The smallest absolute Gasteiger partial charge is 0.264 e. The summed E-state index contributed by atoms with van der Waals surface area (Å²) in [6.07, 6.45) is 0.783. The molecule has 0 saturated carbocycles. The van der Waals surface area contributed by atoms with E-state index in [0.717, 1.165) is 39.7 Å². The van der Waals surface area contributed by atoms with Gasteiger partial charge in [-0.1, -0.05) is 110 Å². The van der Waals surface area contributed by atoms with Gasteiger partial charge in [-0.3, -0.25) is 19.3 Å². The van der Waals surface area contributed by atoms with Gasteiger partial charge >= 0.3 is 0 Å². The first-order chi connectivity index (χ1) is 27.6. The second-order valence-corrected chi connectivity index (χ2v) is 20.8. The molecule has 1 saturated heterocycles. The molecular weight excluding hydrogens is 731 g/mol. The van der Waals surface area contributed by atoms with E-state index in [2.05, 4.69) is 38.2 Å². The standard InChI is InChI=1S/C47H49N3O6Si/c1-32-45(57(3,4)40-22-20-39(55-2)21-23-40)43(27-44(53)48-29-35-16-12-11-15-34(35)25-38(48)30-51)56-47(32)41-26-37(50(31-52)36-17-9-6-10-18-36)19-24-42(41)49(46(47)54)28-33-13-7-5-8-14-33/h5-24,26,31-32,38,43,45,51H,25,27-30H2,1-4H3/t32-,38+,43+,45-,47+/m1/s1. The molecule has 1 fully saturated rings. The Labute approximate surface area is 335 Å². The Bertz CT molecular complexity index is 2270. The van der Waals surface area contributed by atoms with E-state index >= 15 is 4.79 Å². The molecule has 1 spiro atoms. The van der Waals surface area contributed by atoms with Gasteiger partial charge in [0.25, 0.3) is 5.91 Å². The summed E-state index contributed by atoms with van der Waals surface area (Å²) >= 11 is 0. The number of fused-ring (bicyclic) bond motifs is 3. The van der Waals surface area contributed by atoms with Crippen LogP contribution in [0.2, 0.25) is 18.6 Å². The minimum absolute atomic E-state index is 0.0491. The highest BCUT2D eigenvalue weighted by Crippen LogP contribution is 2.60. The Hall–Kier alpha value is -5.55. The largest absolute Gasteiger partial charge is 0.497 e. The second-order valence-electron chi connectivity index (χ2n) is 16.1. The number of nitrogens with zero attached hydrogens (tertiary/aromatic N) is 3. The Morgan fingerprint density at radius 2 is 1.58 bits per heavy atom. The predicted molar refractivity (Wildman–Crippen MR) is 224 cm³/mol. The molecule has 9 nitrogen and oxygen atoms in total. The maximum atomic E-state index is 15.5. The van der Waals surface area contributed by atoms with Gasteiger partial charge in [-0.2, -0.15) is 0 Å². The van der Waals surface area contributed by atoms with Crippen LogP contribution in [-0.2, 0) is 44.2 Å². The topological polar surface area (TPSA) is 99.6 Å². The third-order valence-corrected chi connectivity index (χ3v) is 17.0. The first-order valence-electron chi connectivity index (χ1n) is 19.7. The van der Waals surface area contributed by atoms with Gasteiger partial charge in [0.05, 0.1) is 52.6 Å². The lowest BCUT2D eigenvalue weighted by Crippen LogP contribution is -2.52. The highest BCUT2D eigenvalue weighted by atomic mass is 28.3. The first kappa shape index (κ1) is 38.3. The Morgan fingerprint density at radius 3 is 2.25 bits per heavy atom. The highest BCUT2D eigenvalue weighted by Gasteiger charge is 2.66. The lowest BCUT2D eigenvalue weighted by atomic mass is 9.82. The fourth-order valence-corrected chi connectivity index (χ4v) is 13.8. The first-order valence-corrected chi connectivity index (χ1v) is 22.8. The Kier molecular flexibility index (Phi) is 10.4. The lowest BCUT2D eigenvalue weighted by molar-refractivity contribution is -0.151. The van der Waals surface area contributed by atoms with Crippen LogP contribution in [0, 0.1) is 5.92 Å². The zero-order valence-corrected chi connectivity index (χ0v) is 33.9. The van der Waals surface area contributed by atoms with E-state index in [-0.39, 0.29) is 42.3 Å². The number of aliphatic hydroxyl groups is 1. The van der Waals surface area contributed by atoms with Crippen LogP contribution < -0.4 is 19.7 Å². The molecule has 1 N–H and O–H groups in total. The van der Waals surface area contributed by atoms with Crippen LogP contribution in [0.3, 0.4) is 0 Å². The molecule has 0 bridgehead atoms. The maximum absolute atomic E-state index is 15.5. The van der Waals surface area contributed by atoms with Gasteiger partial charge in [0.2, 0.25) is 12.3 Å². The van der Waals surface area contributed by atoms with Crippen molar-refractivity contribution < 1.29 is 29.0 Å². The molecule has 0 aromatic heterocycles. The monoisotopic (exact) mass is 779 g/mol. The summed E-state index contributed by atoms with van der Waals surface area (Å²) in [5.74, 6) is 0.102. The van der Waals surface area contributed by atoms with Crippen LogP contribution in [0.25, 0.3) is 0 Å². The normalized spacial score (nSPS) is 22.6. The molecular formula is C47H49N3O6Si. The van der Waals surface area contributed by atoms with E-state index < -0.39 is 19.8 Å². The quantitative estimate of drug-likeness (QED) is 0.114. The molecule has 3 heterocycles. The summed E-state index contributed by atoms with van der Waals surface area (Å²) in [6.45, 7) is 7.28. The summed E-state index contributed by atoms with van der Waals surface area (Å²) in [6, 6.07) is 40.9. The fourth-order valence-electron chi connectivity index (χ4n) is 9.77. The maximum Gasteiger partial charge on any atom is 0.264 e. The van der Waals surface area contributed by atoms with Gasteiger partial charge in [0.15, 0.2) is 5.60 Å². The Balaban J connectivity index is 1.25.